The average Bonchev–Trinajstić information content (AvgIpc) is 2.57. The highest BCUT2D eigenvalue weighted by atomic mass is 79.9. The molecule has 24 heavy (non-hydrogen) atoms. The van der Waals surface area contributed by atoms with Gasteiger partial charge in [-0.1, -0.05) is 22.0 Å². The van der Waals surface area contributed by atoms with Crippen molar-refractivity contribution in [3.05, 3.63) is 52.0 Å². The van der Waals surface area contributed by atoms with Crippen molar-refractivity contribution in [2.75, 3.05) is 19.8 Å². The Kier molecular flexibility index (Phi) is 5.12. The molecule has 1 aliphatic heterocycles. The van der Waals surface area contributed by atoms with Gasteiger partial charge in [0.2, 0.25) is 10.0 Å². The van der Waals surface area contributed by atoms with Gasteiger partial charge in [-0.2, -0.15) is 0 Å². The Morgan fingerprint density at radius 2 is 1.83 bits per heavy atom. The predicted octanol–water partition coefficient (Wildman–Crippen LogP) is 3.05. The van der Waals surface area contributed by atoms with Crippen molar-refractivity contribution >= 4 is 26.0 Å². The summed E-state index contributed by atoms with van der Waals surface area (Å²) in [6.45, 7) is 3.26. The van der Waals surface area contributed by atoms with Crippen molar-refractivity contribution < 1.29 is 17.9 Å². The molecule has 7 heteroatoms. The molecule has 1 aliphatic rings. The molecule has 0 aliphatic carbocycles. The lowest BCUT2D eigenvalue weighted by Crippen LogP contribution is -2.26. The number of rotatable bonds is 5. The van der Waals surface area contributed by atoms with Gasteiger partial charge < -0.3 is 9.47 Å². The summed E-state index contributed by atoms with van der Waals surface area (Å²) >= 11 is 3.37. The second-order valence-electron chi connectivity index (χ2n) is 5.54. The Hall–Kier alpha value is -1.57. The fraction of sp³-hybridized carbons (Fsp3) is 0.294. The Bertz CT molecular complexity index is 852. The van der Waals surface area contributed by atoms with Crippen LogP contribution >= 0.6 is 15.9 Å². The van der Waals surface area contributed by atoms with Gasteiger partial charge in [0.1, 0.15) is 13.2 Å². The number of halogens is 1. The number of fused-ring (bicyclic) bond motifs is 1. The summed E-state index contributed by atoms with van der Waals surface area (Å²) in [7, 11) is -3.51. The second kappa shape index (κ2) is 7.13. The van der Waals surface area contributed by atoms with Crippen LogP contribution in [-0.2, 0) is 16.4 Å². The first-order valence-electron chi connectivity index (χ1n) is 7.60. The fourth-order valence-electron chi connectivity index (χ4n) is 2.44. The van der Waals surface area contributed by atoms with E-state index in [0.29, 0.717) is 31.9 Å². The number of nitrogens with one attached hydrogen (secondary N) is 1. The summed E-state index contributed by atoms with van der Waals surface area (Å²) in [5, 5.41) is 0. The zero-order chi connectivity index (χ0) is 17.2. The summed E-state index contributed by atoms with van der Waals surface area (Å²) in [5.74, 6) is 1.45. The van der Waals surface area contributed by atoms with E-state index in [1.165, 1.54) is 0 Å². The van der Waals surface area contributed by atoms with Gasteiger partial charge in [0.05, 0.1) is 4.90 Å². The highest BCUT2D eigenvalue weighted by molar-refractivity contribution is 9.10. The van der Waals surface area contributed by atoms with Crippen LogP contribution in [-0.4, -0.2) is 28.2 Å². The van der Waals surface area contributed by atoms with Gasteiger partial charge in [0, 0.05) is 11.0 Å². The minimum atomic E-state index is -3.51. The van der Waals surface area contributed by atoms with Crippen LogP contribution in [0.5, 0.6) is 11.5 Å². The lowest BCUT2D eigenvalue weighted by molar-refractivity contribution is 0.171. The van der Waals surface area contributed by atoms with Crippen molar-refractivity contribution in [1.82, 2.24) is 4.72 Å². The first kappa shape index (κ1) is 17.3. The van der Waals surface area contributed by atoms with Crippen LogP contribution in [0.25, 0.3) is 0 Å². The van der Waals surface area contributed by atoms with Gasteiger partial charge in [-0.05, 0) is 54.8 Å². The molecule has 0 saturated carbocycles. The minimum Gasteiger partial charge on any atom is -0.486 e. The number of benzene rings is 2. The third kappa shape index (κ3) is 3.91. The Morgan fingerprint density at radius 1 is 1.08 bits per heavy atom. The van der Waals surface area contributed by atoms with Gasteiger partial charge in [0.15, 0.2) is 11.5 Å². The van der Waals surface area contributed by atoms with Gasteiger partial charge in [-0.3, -0.25) is 0 Å². The zero-order valence-corrected chi connectivity index (χ0v) is 15.6. The van der Waals surface area contributed by atoms with E-state index in [2.05, 4.69) is 20.7 Å². The number of aryl methyl sites for hydroxylation is 1. The van der Waals surface area contributed by atoms with E-state index in [9.17, 15) is 8.42 Å². The summed E-state index contributed by atoms with van der Waals surface area (Å²) < 4.78 is 39.2. The lowest BCUT2D eigenvalue weighted by atomic mass is 10.1. The molecule has 0 bridgehead atoms. The molecule has 0 unspecified atom stereocenters. The van der Waals surface area contributed by atoms with Crippen molar-refractivity contribution in [3.8, 4) is 11.5 Å². The molecular formula is C17H18BrNO4S. The third-order valence-electron chi connectivity index (χ3n) is 3.75. The van der Waals surface area contributed by atoms with Gasteiger partial charge in [-0.15, -0.1) is 0 Å². The van der Waals surface area contributed by atoms with E-state index < -0.39 is 10.0 Å². The van der Waals surface area contributed by atoms with Crippen LogP contribution < -0.4 is 14.2 Å². The molecule has 0 fully saturated rings. The number of sulfonamides is 1. The zero-order valence-electron chi connectivity index (χ0n) is 13.2. The summed E-state index contributed by atoms with van der Waals surface area (Å²) in [6.07, 6.45) is 0.575. The molecule has 0 radical (unpaired) electrons. The molecule has 2 aromatic rings. The van der Waals surface area contributed by atoms with Crippen molar-refractivity contribution in [1.29, 1.82) is 0 Å². The lowest BCUT2D eigenvalue weighted by Gasteiger charge is -2.18. The second-order valence-corrected chi connectivity index (χ2v) is 8.16. The highest BCUT2D eigenvalue weighted by Gasteiger charge is 2.15. The van der Waals surface area contributed by atoms with E-state index >= 15 is 0 Å². The largest absolute Gasteiger partial charge is 0.486 e. The van der Waals surface area contributed by atoms with Crippen LogP contribution in [0.4, 0.5) is 0 Å². The van der Waals surface area contributed by atoms with Crippen molar-refractivity contribution in [2.45, 2.75) is 18.2 Å². The molecule has 0 atom stereocenters. The van der Waals surface area contributed by atoms with E-state index in [-0.39, 0.29) is 4.90 Å². The molecule has 5 nitrogen and oxygen atoms in total. The summed E-state index contributed by atoms with van der Waals surface area (Å²) in [4.78, 5) is 0.269. The number of hydrogen-bond donors (Lipinski definition) is 1. The molecule has 2 aromatic carbocycles. The van der Waals surface area contributed by atoms with Gasteiger partial charge in [0.25, 0.3) is 0 Å². The van der Waals surface area contributed by atoms with Crippen molar-refractivity contribution in [3.63, 3.8) is 0 Å². The molecule has 0 amide bonds. The van der Waals surface area contributed by atoms with Gasteiger partial charge in [-0.25, -0.2) is 13.1 Å². The number of ether oxygens (including phenoxy) is 2. The Labute approximate surface area is 150 Å². The molecular weight excluding hydrogens is 394 g/mol. The molecule has 1 heterocycles. The molecule has 0 saturated heterocycles. The average molecular weight is 412 g/mol. The minimum absolute atomic E-state index is 0.269. The Balaban J connectivity index is 1.64. The van der Waals surface area contributed by atoms with Crippen LogP contribution in [0.3, 0.4) is 0 Å². The quantitative estimate of drug-likeness (QED) is 0.820. The van der Waals surface area contributed by atoms with Crippen LogP contribution in [0.15, 0.2) is 45.8 Å². The van der Waals surface area contributed by atoms with Crippen LogP contribution in [0.2, 0.25) is 0 Å². The van der Waals surface area contributed by atoms with E-state index in [4.69, 9.17) is 9.47 Å². The number of hydrogen-bond acceptors (Lipinski definition) is 4. The first-order chi connectivity index (χ1) is 11.5. The Morgan fingerprint density at radius 3 is 2.58 bits per heavy atom. The maximum Gasteiger partial charge on any atom is 0.240 e. The topological polar surface area (TPSA) is 64.6 Å². The first-order valence-corrected chi connectivity index (χ1v) is 9.88. The smallest absolute Gasteiger partial charge is 0.240 e. The summed E-state index contributed by atoms with van der Waals surface area (Å²) in [5.41, 5.74) is 1.87. The standard InChI is InChI=1S/C17H18BrNO4S/c1-12-10-14(3-4-15(12)18)24(20,21)19-7-6-13-2-5-16-17(11-13)23-9-8-22-16/h2-5,10-11,19H,6-9H2,1H3. The molecule has 0 spiro atoms. The molecule has 0 aromatic heterocycles. The fourth-order valence-corrected chi connectivity index (χ4v) is 3.80. The third-order valence-corrected chi connectivity index (χ3v) is 6.10. The van der Waals surface area contributed by atoms with Crippen LogP contribution in [0, 0.1) is 6.92 Å². The van der Waals surface area contributed by atoms with Crippen molar-refractivity contribution in [2.24, 2.45) is 0 Å². The SMILES string of the molecule is Cc1cc(S(=O)(=O)NCCc2ccc3c(c2)OCCO3)ccc1Br. The normalized spacial score (nSPS) is 13.8. The van der Waals surface area contributed by atoms with E-state index in [1.807, 2.05) is 25.1 Å². The van der Waals surface area contributed by atoms with Crippen LogP contribution in [0.1, 0.15) is 11.1 Å². The maximum absolute atomic E-state index is 12.3. The highest BCUT2D eigenvalue weighted by Crippen LogP contribution is 2.30. The van der Waals surface area contributed by atoms with E-state index in [0.717, 1.165) is 21.3 Å². The monoisotopic (exact) mass is 411 g/mol. The predicted molar refractivity (Wildman–Crippen MR) is 95.2 cm³/mol. The molecule has 3 rings (SSSR count). The van der Waals surface area contributed by atoms with E-state index in [1.54, 1.807) is 18.2 Å². The maximum atomic E-state index is 12.3. The van der Waals surface area contributed by atoms with Gasteiger partial charge >= 0.3 is 0 Å². The summed E-state index contributed by atoms with van der Waals surface area (Å²) in [6, 6.07) is 10.7. The molecule has 1 N–H and O–H groups in total. The molecule has 128 valence electrons.